The largest absolute Gasteiger partial charge is 0.495 e. The number of halogens is 2. The number of rotatable bonds is 7. The topological polar surface area (TPSA) is 80.5 Å². The molecule has 1 aromatic heterocycles. The standard InChI is InChI=1S/C20H19Cl2N5O2/c1-13-16(20(22)27(26-13)15-7-5-6-14(21)10-15)11-24-25-19(28)12-23-17-8-3-4-9-18(17)29-2/h3-11,23H,12H2,1-2H3,(H,25,28). The van der Waals surface area contributed by atoms with Crippen molar-refractivity contribution in [3.63, 3.8) is 0 Å². The van der Waals surface area contributed by atoms with Crippen LogP contribution in [0.5, 0.6) is 5.75 Å². The number of anilines is 1. The Bertz CT molecular complexity index is 1050. The number of hydrogen-bond acceptors (Lipinski definition) is 5. The number of methoxy groups -OCH3 is 1. The Balaban J connectivity index is 1.64. The number of aromatic nitrogens is 2. The lowest BCUT2D eigenvalue weighted by molar-refractivity contribution is -0.119. The van der Waals surface area contributed by atoms with Gasteiger partial charge in [-0.25, -0.2) is 10.1 Å². The summed E-state index contributed by atoms with van der Waals surface area (Å²) in [6, 6.07) is 14.5. The van der Waals surface area contributed by atoms with Gasteiger partial charge < -0.3 is 10.1 Å². The van der Waals surface area contributed by atoms with Gasteiger partial charge in [-0.3, -0.25) is 4.79 Å². The Kier molecular flexibility index (Phi) is 6.74. The van der Waals surface area contributed by atoms with Gasteiger partial charge in [-0.05, 0) is 37.3 Å². The van der Waals surface area contributed by atoms with Gasteiger partial charge in [0, 0.05) is 5.02 Å². The molecule has 0 spiro atoms. The molecule has 0 aliphatic rings. The number of carbonyl (C=O) groups excluding carboxylic acids is 1. The van der Waals surface area contributed by atoms with Gasteiger partial charge in [0.2, 0.25) is 0 Å². The third kappa shape index (κ3) is 5.07. The molecule has 2 N–H and O–H groups in total. The van der Waals surface area contributed by atoms with Crippen LogP contribution in [-0.2, 0) is 4.79 Å². The SMILES string of the molecule is COc1ccccc1NCC(=O)NN=Cc1c(C)nn(-c2cccc(Cl)c2)c1Cl. The number of amides is 1. The average Bonchev–Trinajstić information content (AvgIpc) is 3.00. The molecule has 3 aromatic rings. The zero-order valence-electron chi connectivity index (χ0n) is 15.8. The van der Waals surface area contributed by atoms with E-state index in [1.165, 1.54) is 6.21 Å². The van der Waals surface area contributed by atoms with Crippen LogP contribution in [0.25, 0.3) is 5.69 Å². The van der Waals surface area contributed by atoms with Crippen molar-refractivity contribution in [3.8, 4) is 11.4 Å². The first-order valence-electron chi connectivity index (χ1n) is 8.69. The Morgan fingerprint density at radius 2 is 2.03 bits per heavy atom. The van der Waals surface area contributed by atoms with Gasteiger partial charge in [-0.2, -0.15) is 10.2 Å². The number of ether oxygens (including phenoxy) is 1. The summed E-state index contributed by atoms with van der Waals surface area (Å²) in [6.45, 7) is 1.84. The molecule has 7 nitrogen and oxygen atoms in total. The van der Waals surface area contributed by atoms with E-state index in [-0.39, 0.29) is 12.5 Å². The summed E-state index contributed by atoms with van der Waals surface area (Å²) in [4.78, 5) is 12.0. The molecule has 0 bridgehead atoms. The normalized spacial score (nSPS) is 10.9. The van der Waals surface area contributed by atoms with Crippen LogP contribution in [0.1, 0.15) is 11.3 Å². The van der Waals surface area contributed by atoms with E-state index in [4.69, 9.17) is 27.9 Å². The summed E-state index contributed by atoms with van der Waals surface area (Å²) in [5, 5.41) is 12.3. The van der Waals surface area contributed by atoms with Crippen LogP contribution >= 0.6 is 23.2 Å². The van der Waals surface area contributed by atoms with Gasteiger partial charge in [-0.15, -0.1) is 0 Å². The molecule has 9 heteroatoms. The van der Waals surface area contributed by atoms with Crippen LogP contribution < -0.4 is 15.5 Å². The predicted molar refractivity (Wildman–Crippen MR) is 116 cm³/mol. The van der Waals surface area contributed by atoms with E-state index in [1.807, 2.05) is 30.3 Å². The fraction of sp³-hybridized carbons (Fsp3) is 0.150. The van der Waals surface area contributed by atoms with Gasteiger partial charge in [0.25, 0.3) is 5.91 Å². The first-order chi connectivity index (χ1) is 14.0. The van der Waals surface area contributed by atoms with Gasteiger partial charge >= 0.3 is 0 Å². The van der Waals surface area contributed by atoms with E-state index < -0.39 is 0 Å². The maximum absolute atomic E-state index is 12.0. The third-order valence-corrected chi connectivity index (χ3v) is 4.63. The maximum atomic E-state index is 12.0. The van der Waals surface area contributed by atoms with Crippen molar-refractivity contribution in [2.75, 3.05) is 19.0 Å². The Morgan fingerprint density at radius 1 is 1.24 bits per heavy atom. The van der Waals surface area contributed by atoms with Crippen LogP contribution in [0.3, 0.4) is 0 Å². The quantitative estimate of drug-likeness (QED) is 0.436. The van der Waals surface area contributed by atoms with Crippen molar-refractivity contribution in [3.05, 3.63) is 70.0 Å². The number of para-hydroxylation sites is 2. The fourth-order valence-electron chi connectivity index (χ4n) is 2.61. The maximum Gasteiger partial charge on any atom is 0.259 e. The van der Waals surface area contributed by atoms with E-state index in [1.54, 1.807) is 36.9 Å². The highest BCUT2D eigenvalue weighted by Crippen LogP contribution is 2.24. The molecule has 0 saturated carbocycles. The molecule has 150 valence electrons. The minimum absolute atomic E-state index is 0.0339. The van der Waals surface area contributed by atoms with Gasteiger partial charge in [0.1, 0.15) is 10.9 Å². The number of benzene rings is 2. The minimum atomic E-state index is -0.317. The Hall–Kier alpha value is -3.03. The average molecular weight is 432 g/mol. The van der Waals surface area contributed by atoms with Crippen molar-refractivity contribution in [1.29, 1.82) is 0 Å². The van der Waals surface area contributed by atoms with Gasteiger partial charge in [0.05, 0.1) is 42.5 Å². The molecule has 0 aliphatic carbocycles. The van der Waals surface area contributed by atoms with Crippen LogP contribution in [0, 0.1) is 6.92 Å². The molecule has 1 amide bonds. The van der Waals surface area contributed by atoms with E-state index in [9.17, 15) is 4.79 Å². The van der Waals surface area contributed by atoms with Crippen molar-refractivity contribution < 1.29 is 9.53 Å². The lowest BCUT2D eigenvalue weighted by Crippen LogP contribution is -2.26. The summed E-state index contributed by atoms with van der Waals surface area (Å²) in [5.41, 5.74) is 5.18. The third-order valence-electron chi connectivity index (χ3n) is 4.03. The monoisotopic (exact) mass is 431 g/mol. The zero-order chi connectivity index (χ0) is 20.8. The lowest BCUT2D eigenvalue weighted by atomic mass is 10.3. The summed E-state index contributed by atoms with van der Waals surface area (Å²) in [6.07, 6.45) is 1.46. The summed E-state index contributed by atoms with van der Waals surface area (Å²) >= 11 is 12.5. The molecular weight excluding hydrogens is 413 g/mol. The predicted octanol–water partition coefficient (Wildman–Crippen LogP) is 4.06. The van der Waals surface area contributed by atoms with Crippen LogP contribution in [0.15, 0.2) is 53.6 Å². The molecule has 0 unspecified atom stereocenters. The van der Waals surface area contributed by atoms with Crippen LogP contribution in [0.2, 0.25) is 10.2 Å². The number of nitrogens with zero attached hydrogens (tertiary/aromatic N) is 3. The first-order valence-corrected chi connectivity index (χ1v) is 9.45. The molecule has 0 radical (unpaired) electrons. The fourth-order valence-corrected chi connectivity index (χ4v) is 3.12. The van der Waals surface area contributed by atoms with Gasteiger partial charge in [0.15, 0.2) is 0 Å². The molecular formula is C20H19Cl2N5O2. The number of carbonyl (C=O) groups is 1. The second kappa shape index (κ2) is 9.45. The molecule has 1 heterocycles. The molecule has 0 saturated heterocycles. The smallest absolute Gasteiger partial charge is 0.259 e. The van der Waals surface area contributed by atoms with E-state index >= 15 is 0 Å². The van der Waals surface area contributed by atoms with E-state index in [2.05, 4.69) is 20.9 Å². The molecule has 0 fully saturated rings. The summed E-state index contributed by atoms with van der Waals surface area (Å²) in [7, 11) is 1.57. The second-order valence-electron chi connectivity index (χ2n) is 6.03. The highest BCUT2D eigenvalue weighted by atomic mass is 35.5. The number of hydrazone groups is 1. The Labute approximate surface area is 178 Å². The number of hydrogen-bond donors (Lipinski definition) is 2. The summed E-state index contributed by atoms with van der Waals surface area (Å²) in [5.74, 6) is 0.336. The van der Waals surface area contributed by atoms with E-state index in [0.29, 0.717) is 27.2 Å². The highest BCUT2D eigenvalue weighted by molar-refractivity contribution is 6.32. The minimum Gasteiger partial charge on any atom is -0.495 e. The first kappa shape index (κ1) is 20.7. The van der Waals surface area contributed by atoms with Crippen molar-refractivity contribution in [2.45, 2.75) is 6.92 Å². The molecule has 3 rings (SSSR count). The highest BCUT2D eigenvalue weighted by Gasteiger charge is 2.13. The Morgan fingerprint density at radius 3 is 2.79 bits per heavy atom. The van der Waals surface area contributed by atoms with Gasteiger partial charge in [-0.1, -0.05) is 41.4 Å². The van der Waals surface area contributed by atoms with Crippen LogP contribution in [-0.4, -0.2) is 35.6 Å². The summed E-state index contributed by atoms with van der Waals surface area (Å²) < 4.78 is 6.80. The van der Waals surface area contributed by atoms with E-state index in [0.717, 1.165) is 11.4 Å². The molecule has 2 aromatic carbocycles. The number of nitrogens with one attached hydrogen (secondary N) is 2. The second-order valence-corrected chi connectivity index (χ2v) is 6.82. The molecule has 29 heavy (non-hydrogen) atoms. The zero-order valence-corrected chi connectivity index (χ0v) is 17.3. The van der Waals surface area contributed by atoms with Crippen molar-refractivity contribution in [1.82, 2.24) is 15.2 Å². The molecule has 0 atom stereocenters. The number of aryl methyl sites for hydroxylation is 1. The van der Waals surface area contributed by atoms with Crippen LogP contribution in [0.4, 0.5) is 5.69 Å². The van der Waals surface area contributed by atoms with Crippen molar-refractivity contribution >= 4 is 41.0 Å². The van der Waals surface area contributed by atoms with Crippen molar-refractivity contribution in [2.24, 2.45) is 5.10 Å². The molecule has 0 aliphatic heterocycles. The lowest BCUT2D eigenvalue weighted by Gasteiger charge is -2.09.